The third kappa shape index (κ3) is 4.58. The van der Waals surface area contributed by atoms with Gasteiger partial charge < -0.3 is 5.32 Å². The molecule has 2 aromatic rings. The Labute approximate surface area is 131 Å². The number of nitrogens with one attached hydrogen (secondary N) is 1. The van der Waals surface area contributed by atoms with Crippen LogP contribution >= 0.6 is 11.8 Å². The van der Waals surface area contributed by atoms with Gasteiger partial charge in [0.25, 0.3) is 0 Å². The lowest BCUT2D eigenvalue weighted by Crippen LogP contribution is -2.18. The molecule has 3 heteroatoms. The first-order chi connectivity index (χ1) is 10.2. The first kappa shape index (κ1) is 16.1. The molecule has 1 nitrogen and oxygen atoms in total. The van der Waals surface area contributed by atoms with Gasteiger partial charge in [0, 0.05) is 16.7 Å². The fourth-order valence-electron chi connectivity index (χ4n) is 2.29. The van der Waals surface area contributed by atoms with Gasteiger partial charge in [-0.25, -0.2) is 4.39 Å². The van der Waals surface area contributed by atoms with Crippen molar-refractivity contribution in [3.63, 3.8) is 0 Å². The van der Waals surface area contributed by atoms with Crippen molar-refractivity contribution in [2.24, 2.45) is 0 Å². The molecule has 1 unspecified atom stereocenters. The molecule has 21 heavy (non-hydrogen) atoms. The lowest BCUT2D eigenvalue weighted by atomic mass is 10.0. The summed E-state index contributed by atoms with van der Waals surface area (Å²) in [4.78, 5) is 0.709. The van der Waals surface area contributed by atoms with Crippen molar-refractivity contribution in [3.05, 3.63) is 65.5 Å². The smallest absolute Gasteiger partial charge is 0.136 e. The van der Waals surface area contributed by atoms with Gasteiger partial charge in [-0.15, -0.1) is 11.8 Å². The van der Waals surface area contributed by atoms with Crippen molar-refractivity contribution in [1.82, 2.24) is 5.32 Å². The molecule has 112 valence electrons. The normalized spacial score (nSPS) is 12.3. The lowest BCUT2D eigenvalue weighted by molar-refractivity contribution is 0.601. The average Bonchev–Trinajstić information content (AvgIpc) is 2.51. The highest BCUT2D eigenvalue weighted by molar-refractivity contribution is 7.99. The predicted molar refractivity (Wildman–Crippen MR) is 89.4 cm³/mol. The van der Waals surface area contributed by atoms with E-state index in [-0.39, 0.29) is 11.9 Å². The molecule has 1 atom stereocenters. The zero-order chi connectivity index (χ0) is 15.1. The lowest BCUT2D eigenvalue weighted by Gasteiger charge is -2.17. The molecule has 0 spiro atoms. The topological polar surface area (TPSA) is 12.0 Å². The second-order valence-corrected chi connectivity index (χ2v) is 6.14. The van der Waals surface area contributed by atoms with Gasteiger partial charge in [-0.3, -0.25) is 0 Å². The molecule has 0 aromatic heterocycles. The van der Waals surface area contributed by atoms with Crippen molar-refractivity contribution in [2.45, 2.75) is 30.7 Å². The van der Waals surface area contributed by atoms with Crippen LogP contribution in [0.15, 0.2) is 53.4 Å². The second-order valence-electron chi connectivity index (χ2n) is 5.07. The van der Waals surface area contributed by atoms with Gasteiger partial charge in [0.05, 0.1) is 0 Å². The first-order valence-electron chi connectivity index (χ1n) is 7.38. The molecular formula is C18H22FNS. The molecule has 2 rings (SSSR count). The molecule has 0 amide bonds. The largest absolute Gasteiger partial charge is 0.312 e. The maximum absolute atomic E-state index is 13.6. The van der Waals surface area contributed by atoms with Crippen LogP contribution in [-0.4, -0.2) is 12.8 Å². The maximum atomic E-state index is 13.6. The number of thioether (sulfide) groups is 1. The minimum Gasteiger partial charge on any atom is -0.312 e. The molecule has 1 N–H and O–H groups in total. The molecule has 0 fully saturated rings. The van der Waals surface area contributed by atoms with Crippen molar-refractivity contribution in [3.8, 4) is 0 Å². The molecule has 2 aromatic carbocycles. The van der Waals surface area contributed by atoms with Crippen LogP contribution in [0.2, 0.25) is 0 Å². The van der Waals surface area contributed by atoms with Gasteiger partial charge in [0.15, 0.2) is 0 Å². The monoisotopic (exact) mass is 303 g/mol. The van der Waals surface area contributed by atoms with E-state index in [9.17, 15) is 4.39 Å². The molecular weight excluding hydrogens is 281 g/mol. The zero-order valence-corrected chi connectivity index (χ0v) is 13.4. The predicted octanol–water partition coefficient (Wildman–Crippen LogP) is 4.83. The number of rotatable bonds is 7. The van der Waals surface area contributed by atoms with Crippen molar-refractivity contribution >= 4 is 11.8 Å². The zero-order valence-electron chi connectivity index (χ0n) is 12.6. The van der Waals surface area contributed by atoms with Crippen molar-refractivity contribution in [2.75, 3.05) is 12.8 Å². The Morgan fingerprint density at radius 1 is 1.10 bits per heavy atom. The summed E-state index contributed by atoms with van der Waals surface area (Å²) >= 11 is 1.55. The number of hydrogen-bond donors (Lipinski definition) is 1. The van der Waals surface area contributed by atoms with Crippen LogP contribution in [0.25, 0.3) is 0 Å². The molecule has 0 radical (unpaired) electrons. The first-order valence-corrected chi connectivity index (χ1v) is 8.36. The Kier molecular flexibility index (Phi) is 6.27. The molecule has 0 aliphatic heterocycles. The van der Waals surface area contributed by atoms with E-state index in [1.54, 1.807) is 17.8 Å². The van der Waals surface area contributed by atoms with Crippen LogP contribution in [0.4, 0.5) is 4.39 Å². The van der Waals surface area contributed by atoms with E-state index < -0.39 is 0 Å². The van der Waals surface area contributed by atoms with E-state index in [1.165, 1.54) is 17.2 Å². The molecule has 0 aliphatic carbocycles. The summed E-state index contributed by atoms with van der Waals surface area (Å²) in [6.07, 6.45) is 2.28. The summed E-state index contributed by atoms with van der Waals surface area (Å²) in [5.74, 6) is 0.667. The maximum Gasteiger partial charge on any atom is 0.136 e. The number of benzene rings is 2. The number of hydrogen-bond acceptors (Lipinski definition) is 2. The Morgan fingerprint density at radius 3 is 2.43 bits per heavy atom. The van der Waals surface area contributed by atoms with Gasteiger partial charge in [-0.1, -0.05) is 49.7 Å². The summed E-state index contributed by atoms with van der Waals surface area (Å²) < 4.78 is 13.6. The highest BCUT2D eigenvalue weighted by Gasteiger charge is 2.11. The molecule has 0 aliphatic rings. The van der Waals surface area contributed by atoms with Gasteiger partial charge in [-0.05, 0) is 36.7 Å². The second kappa shape index (κ2) is 8.20. The Balaban J connectivity index is 2.01. The van der Waals surface area contributed by atoms with Crippen LogP contribution in [0.3, 0.4) is 0 Å². The fourth-order valence-corrected chi connectivity index (χ4v) is 3.37. The molecule has 0 saturated carbocycles. The summed E-state index contributed by atoms with van der Waals surface area (Å²) in [6, 6.07) is 15.9. The highest BCUT2D eigenvalue weighted by Crippen LogP contribution is 2.26. The van der Waals surface area contributed by atoms with Gasteiger partial charge in [0.2, 0.25) is 0 Å². The molecule has 0 heterocycles. The Morgan fingerprint density at radius 2 is 1.81 bits per heavy atom. The third-order valence-electron chi connectivity index (χ3n) is 3.51. The third-order valence-corrected chi connectivity index (χ3v) is 4.65. The van der Waals surface area contributed by atoms with Gasteiger partial charge in [-0.2, -0.15) is 0 Å². The van der Waals surface area contributed by atoms with Crippen LogP contribution < -0.4 is 5.32 Å². The molecule has 0 bridgehead atoms. The average molecular weight is 303 g/mol. The Bertz CT molecular complexity index is 553. The summed E-state index contributed by atoms with van der Waals surface area (Å²) in [7, 11) is 1.95. The standard InChI is InChI=1S/C18H22FNS/c1-3-6-14-9-11-15(12-10-14)17(20-2)13-21-18-8-5-4-7-16(18)19/h4-5,7-12,17,20H,3,6,13H2,1-2H3. The molecule has 0 saturated heterocycles. The van der Waals surface area contributed by atoms with Crippen molar-refractivity contribution < 1.29 is 4.39 Å². The minimum atomic E-state index is -0.143. The number of aryl methyl sites for hydroxylation is 1. The van der Waals surface area contributed by atoms with E-state index in [0.717, 1.165) is 18.6 Å². The van der Waals surface area contributed by atoms with Crippen LogP contribution in [0.5, 0.6) is 0 Å². The van der Waals surface area contributed by atoms with E-state index >= 15 is 0 Å². The van der Waals surface area contributed by atoms with E-state index in [4.69, 9.17) is 0 Å². The minimum absolute atomic E-state index is 0.143. The highest BCUT2D eigenvalue weighted by atomic mass is 32.2. The summed E-state index contributed by atoms with van der Waals surface area (Å²) in [5, 5.41) is 3.32. The Hall–Kier alpha value is -1.32. The summed E-state index contributed by atoms with van der Waals surface area (Å²) in [6.45, 7) is 2.19. The number of halogens is 1. The van der Waals surface area contributed by atoms with E-state index in [1.807, 2.05) is 19.2 Å². The van der Waals surface area contributed by atoms with Gasteiger partial charge in [0.1, 0.15) is 5.82 Å². The van der Waals surface area contributed by atoms with Crippen LogP contribution in [-0.2, 0) is 6.42 Å². The fraction of sp³-hybridized carbons (Fsp3) is 0.333. The van der Waals surface area contributed by atoms with E-state index in [0.29, 0.717) is 4.90 Å². The summed E-state index contributed by atoms with van der Waals surface area (Å²) in [5.41, 5.74) is 2.62. The quantitative estimate of drug-likeness (QED) is 0.735. The SMILES string of the molecule is CCCc1ccc(C(CSc2ccccc2F)NC)cc1. The van der Waals surface area contributed by atoms with Gasteiger partial charge >= 0.3 is 0 Å². The van der Waals surface area contributed by atoms with Crippen LogP contribution in [0, 0.1) is 5.82 Å². The van der Waals surface area contributed by atoms with Crippen molar-refractivity contribution in [1.29, 1.82) is 0 Å². The van der Waals surface area contributed by atoms with Crippen LogP contribution in [0.1, 0.15) is 30.5 Å². The van der Waals surface area contributed by atoms with E-state index in [2.05, 4.69) is 36.5 Å².